The van der Waals surface area contributed by atoms with Gasteiger partial charge in [-0.05, 0) is 19.4 Å². The molecule has 0 aliphatic heterocycles. The number of hydrogen-bond donors (Lipinski definition) is 2. The van der Waals surface area contributed by atoms with Crippen LogP contribution < -0.4 is 5.32 Å². The number of aliphatic carboxylic acids is 1. The van der Waals surface area contributed by atoms with Crippen molar-refractivity contribution in [1.29, 1.82) is 0 Å². The Kier molecular flexibility index (Phi) is 2.88. The maximum absolute atomic E-state index is 10.5. The summed E-state index contributed by atoms with van der Waals surface area (Å²) in [4.78, 5) is 10.5. The molecule has 1 rings (SSSR count). The minimum absolute atomic E-state index is 0.333. The van der Waals surface area contributed by atoms with E-state index in [2.05, 4.69) is 5.32 Å². The van der Waals surface area contributed by atoms with Crippen molar-refractivity contribution in [2.45, 2.75) is 31.7 Å². The second kappa shape index (κ2) is 3.72. The lowest BCUT2D eigenvalue weighted by atomic mass is 9.81. The maximum Gasteiger partial charge on any atom is 0.320 e. The Labute approximate surface area is 66.8 Å². The lowest BCUT2D eigenvalue weighted by Gasteiger charge is -2.27. The molecule has 1 unspecified atom stereocenters. The molecule has 0 amide bonds. The maximum atomic E-state index is 10.5. The van der Waals surface area contributed by atoms with E-state index in [-0.39, 0.29) is 6.04 Å². The summed E-state index contributed by atoms with van der Waals surface area (Å²) in [5, 5.41) is 11.5. The summed E-state index contributed by atoms with van der Waals surface area (Å²) in [5.74, 6) is -0.0667. The number of nitrogens with one attached hydrogen (secondary N) is 1. The van der Waals surface area contributed by atoms with Crippen molar-refractivity contribution in [2.75, 3.05) is 7.05 Å². The molecule has 1 fully saturated rings. The van der Waals surface area contributed by atoms with Crippen LogP contribution >= 0.6 is 0 Å². The van der Waals surface area contributed by atoms with Gasteiger partial charge >= 0.3 is 5.97 Å². The van der Waals surface area contributed by atoms with Gasteiger partial charge in [-0.1, -0.05) is 19.3 Å². The van der Waals surface area contributed by atoms with Crippen LogP contribution in [0.15, 0.2) is 0 Å². The van der Waals surface area contributed by atoms with Crippen LogP contribution in [0.25, 0.3) is 0 Å². The molecule has 0 radical (unpaired) electrons. The highest BCUT2D eigenvalue weighted by Gasteiger charge is 2.24. The van der Waals surface area contributed by atoms with Gasteiger partial charge in [0.2, 0.25) is 0 Å². The lowest BCUT2D eigenvalue weighted by molar-refractivity contribution is -0.140. The monoisotopic (exact) mass is 157 g/mol. The number of hydrogen-bond acceptors (Lipinski definition) is 2. The molecule has 0 heterocycles. The molecule has 0 aromatic rings. The van der Waals surface area contributed by atoms with Crippen molar-refractivity contribution < 1.29 is 9.90 Å². The molecule has 11 heavy (non-hydrogen) atoms. The number of rotatable bonds is 4. The highest BCUT2D eigenvalue weighted by Crippen LogP contribution is 2.30. The van der Waals surface area contributed by atoms with Crippen molar-refractivity contribution in [3.63, 3.8) is 0 Å². The average molecular weight is 157 g/mol. The Balaban J connectivity index is 2.24. The van der Waals surface area contributed by atoms with E-state index in [1.54, 1.807) is 7.05 Å². The highest BCUT2D eigenvalue weighted by molar-refractivity contribution is 5.73. The summed E-state index contributed by atoms with van der Waals surface area (Å²) in [6.45, 7) is 0. The zero-order valence-electron chi connectivity index (χ0n) is 6.84. The Bertz CT molecular complexity index is 143. The molecule has 0 aromatic heterocycles. The van der Waals surface area contributed by atoms with Crippen LogP contribution in [0.3, 0.4) is 0 Å². The van der Waals surface area contributed by atoms with Gasteiger partial charge in [0.15, 0.2) is 0 Å². The van der Waals surface area contributed by atoms with Crippen LogP contribution in [0.2, 0.25) is 0 Å². The zero-order valence-corrected chi connectivity index (χ0v) is 6.84. The van der Waals surface area contributed by atoms with Crippen LogP contribution in [-0.4, -0.2) is 24.2 Å². The number of carboxylic acid groups (broad SMARTS) is 1. The fourth-order valence-electron chi connectivity index (χ4n) is 1.40. The first-order valence-electron chi connectivity index (χ1n) is 4.14. The van der Waals surface area contributed by atoms with Crippen LogP contribution in [0.1, 0.15) is 25.7 Å². The van der Waals surface area contributed by atoms with Crippen LogP contribution in [0, 0.1) is 5.92 Å². The molecular formula is C8H15NO2. The molecule has 0 spiro atoms. The minimum Gasteiger partial charge on any atom is -0.480 e. The van der Waals surface area contributed by atoms with Gasteiger partial charge in [-0.3, -0.25) is 4.79 Å². The van der Waals surface area contributed by atoms with E-state index >= 15 is 0 Å². The molecule has 0 bridgehead atoms. The Hall–Kier alpha value is -0.570. The van der Waals surface area contributed by atoms with Gasteiger partial charge in [-0.25, -0.2) is 0 Å². The normalized spacial score (nSPS) is 20.8. The molecule has 1 aliphatic rings. The molecule has 1 aliphatic carbocycles. The van der Waals surface area contributed by atoms with E-state index in [4.69, 9.17) is 5.11 Å². The first-order chi connectivity index (χ1) is 5.24. The van der Waals surface area contributed by atoms with Gasteiger partial charge in [-0.2, -0.15) is 0 Å². The van der Waals surface area contributed by atoms with Gasteiger partial charge in [0.05, 0.1) is 0 Å². The van der Waals surface area contributed by atoms with Crippen LogP contribution in [-0.2, 0) is 4.79 Å². The predicted octanol–water partition coefficient (Wildman–Crippen LogP) is 0.849. The quantitative estimate of drug-likeness (QED) is 0.636. The predicted molar refractivity (Wildman–Crippen MR) is 42.4 cm³/mol. The van der Waals surface area contributed by atoms with Gasteiger partial charge in [0, 0.05) is 0 Å². The van der Waals surface area contributed by atoms with Crippen molar-refractivity contribution in [3.8, 4) is 0 Å². The smallest absolute Gasteiger partial charge is 0.320 e. The van der Waals surface area contributed by atoms with Crippen molar-refractivity contribution in [3.05, 3.63) is 0 Å². The Morgan fingerprint density at radius 1 is 1.73 bits per heavy atom. The SMILES string of the molecule is CNC(CC1CCC1)C(=O)O. The second-order valence-electron chi connectivity index (χ2n) is 3.21. The summed E-state index contributed by atoms with van der Waals surface area (Å²) < 4.78 is 0. The summed E-state index contributed by atoms with van der Waals surface area (Å²) in [6, 6.07) is -0.333. The number of carbonyl (C=O) groups is 1. The van der Waals surface area contributed by atoms with E-state index in [0.29, 0.717) is 5.92 Å². The molecule has 3 heteroatoms. The molecular weight excluding hydrogens is 142 g/mol. The Morgan fingerprint density at radius 3 is 2.64 bits per heavy atom. The number of likely N-dealkylation sites (N-methyl/N-ethyl adjacent to an activating group) is 1. The third-order valence-corrected chi connectivity index (χ3v) is 2.44. The third kappa shape index (κ3) is 2.19. The van der Waals surface area contributed by atoms with E-state index in [1.807, 2.05) is 0 Å². The van der Waals surface area contributed by atoms with Gasteiger partial charge in [-0.15, -0.1) is 0 Å². The van der Waals surface area contributed by atoms with Crippen molar-refractivity contribution in [1.82, 2.24) is 5.32 Å². The second-order valence-corrected chi connectivity index (χ2v) is 3.21. The fourth-order valence-corrected chi connectivity index (χ4v) is 1.40. The summed E-state index contributed by atoms with van der Waals surface area (Å²) in [5.41, 5.74) is 0. The first kappa shape index (κ1) is 8.53. The molecule has 2 N–H and O–H groups in total. The summed E-state index contributed by atoms with van der Waals surface area (Å²) >= 11 is 0. The molecule has 3 nitrogen and oxygen atoms in total. The fraction of sp³-hybridized carbons (Fsp3) is 0.875. The topological polar surface area (TPSA) is 49.3 Å². The average Bonchev–Trinajstić information content (AvgIpc) is 1.85. The standard InChI is InChI=1S/C8H15NO2/c1-9-7(8(10)11)5-6-3-2-4-6/h6-7,9H,2-5H2,1H3,(H,10,11). The van der Waals surface area contributed by atoms with Crippen LogP contribution in [0.4, 0.5) is 0 Å². The van der Waals surface area contributed by atoms with E-state index in [0.717, 1.165) is 6.42 Å². The molecule has 0 saturated heterocycles. The number of carboxylic acids is 1. The van der Waals surface area contributed by atoms with Crippen molar-refractivity contribution in [2.24, 2.45) is 5.92 Å². The first-order valence-corrected chi connectivity index (χ1v) is 4.14. The molecule has 64 valence electrons. The lowest BCUT2D eigenvalue weighted by Crippen LogP contribution is -2.36. The van der Waals surface area contributed by atoms with Crippen molar-refractivity contribution >= 4 is 5.97 Å². The van der Waals surface area contributed by atoms with E-state index < -0.39 is 5.97 Å². The minimum atomic E-state index is -0.723. The van der Waals surface area contributed by atoms with Crippen LogP contribution in [0.5, 0.6) is 0 Å². The molecule has 1 saturated carbocycles. The largest absolute Gasteiger partial charge is 0.480 e. The van der Waals surface area contributed by atoms with E-state index in [1.165, 1.54) is 19.3 Å². The summed E-state index contributed by atoms with van der Waals surface area (Å²) in [7, 11) is 1.71. The van der Waals surface area contributed by atoms with Gasteiger partial charge in [0.1, 0.15) is 6.04 Å². The molecule has 1 atom stereocenters. The van der Waals surface area contributed by atoms with Gasteiger partial charge < -0.3 is 10.4 Å². The third-order valence-electron chi connectivity index (χ3n) is 2.44. The van der Waals surface area contributed by atoms with E-state index in [9.17, 15) is 4.79 Å². The summed E-state index contributed by atoms with van der Waals surface area (Å²) in [6.07, 6.45) is 4.50. The highest BCUT2D eigenvalue weighted by atomic mass is 16.4. The zero-order chi connectivity index (χ0) is 8.27. The Morgan fingerprint density at radius 2 is 2.36 bits per heavy atom. The molecule has 0 aromatic carbocycles. The van der Waals surface area contributed by atoms with Gasteiger partial charge in [0.25, 0.3) is 0 Å².